The Balaban J connectivity index is 3.56. The highest BCUT2D eigenvalue weighted by atomic mass is 16.6. The van der Waals surface area contributed by atoms with Crippen LogP contribution in [-0.4, -0.2) is 33.9 Å². The summed E-state index contributed by atoms with van der Waals surface area (Å²) in [4.78, 5) is 9.25. The van der Waals surface area contributed by atoms with E-state index in [0.29, 0.717) is 0 Å². The van der Waals surface area contributed by atoms with E-state index < -0.39 is 17.1 Å². The van der Waals surface area contributed by atoms with Crippen molar-refractivity contribution in [1.82, 2.24) is 0 Å². The summed E-state index contributed by atoms with van der Waals surface area (Å²) in [5, 5.41) is 27.2. The van der Waals surface area contributed by atoms with Gasteiger partial charge in [-0.2, -0.15) is 0 Å². The van der Waals surface area contributed by atoms with Crippen molar-refractivity contribution in [3.05, 3.63) is 10.1 Å². The van der Waals surface area contributed by atoms with Crippen molar-refractivity contribution in [3.63, 3.8) is 0 Å². The van der Waals surface area contributed by atoms with Crippen LogP contribution in [0.15, 0.2) is 0 Å². The summed E-state index contributed by atoms with van der Waals surface area (Å²) in [5.41, 5.74) is -1.31. The molecule has 0 heterocycles. The average molecular weight is 149 g/mol. The third-order valence-corrected chi connectivity index (χ3v) is 1.17. The molecule has 0 rings (SSSR count). The number of aliphatic hydroxyl groups is 2. The zero-order valence-electron chi connectivity index (χ0n) is 5.78. The van der Waals surface area contributed by atoms with Crippen molar-refractivity contribution < 1.29 is 15.1 Å². The van der Waals surface area contributed by atoms with Gasteiger partial charge < -0.3 is 10.2 Å². The highest BCUT2D eigenvalue weighted by Gasteiger charge is 2.21. The molecule has 0 aliphatic heterocycles. The molecule has 1 unspecified atom stereocenters. The molecule has 0 bridgehead atoms. The normalized spacial score (nSPS) is 16.3. The van der Waals surface area contributed by atoms with E-state index in [1.807, 2.05) is 0 Å². The molecule has 0 radical (unpaired) electrons. The number of nitro groups is 1. The van der Waals surface area contributed by atoms with Crippen molar-refractivity contribution in [1.29, 1.82) is 0 Å². The Kier molecular flexibility index (Phi) is 3.24. The number of hydrogen-bond donors (Lipinski definition) is 2. The molecule has 0 aromatic carbocycles. The van der Waals surface area contributed by atoms with Gasteiger partial charge in [-0.1, -0.05) is 0 Å². The number of nitrogens with zero attached hydrogens (tertiary/aromatic N) is 1. The van der Waals surface area contributed by atoms with Crippen LogP contribution in [0.4, 0.5) is 0 Å². The lowest BCUT2D eigenvalue weighted by atomic mass is 10.0. The van der Waals surface area contributed by atoms with Gasteiger partial charge in [0.05, 0.1) is 12.2 Å². The molecule has 0 aromatic heterocycles. The zero-order chi connectivity index (χ0) is 8.20. The minimum Gasteiger partial charge on any atom is -0.393 e. The number of rotatable bonds is 4. The molecule has 0 amide bonds. The molecule has 0 aliphatic rings. The van der Waals surface area contributed by atoms with Crippen LogP contribution in [0.2, 0.25) is 0 Å². The molecule has 1 atom stereocenters. The van der Waals surface area contributed by atoms with Gasteiger partial charge in [-0.3, -0.25) is 10.1 Å². The fraction of sp³-hybridized carbons (Fsp3) is 1.00. The van der Waals surface area contributed by atoms with Crippen molar-refractivity contribution in [2.45, 2.75) is 18.9 Å². The summed E-state index contributed by atoms with van der Waals surface area (Å²) in [6, 6.07) is 0. The van der Waals surface area contributed by atoms with E-state index in [0.717, 1.165) is 0 Å². The van der Waals surface area contributed by atoms with Crippen LogP contribution in [0, 0.1) is 10.1 Å². The highest BCUT2D eigenvalue weighted by molar-refractivity contribution is 4.69. The van der Waals surface area contributed by atoms with E-state index in [1.165, 1.54) is 6.92 Å². The van der Waals surface area contributed by atoms with E-state index in [9.17, 15) is 10.1 Å². The molecular formula is C5H11NO4. The lowest BCUT2D eigenvalue weighted by molar-refractivity contribution is -0.483. The molecule has 5 nitrogen and oxygen atoms in total. The van der Waals surface area contributed by atoms with E-state index in [1.54, 1.807) is 0 Å². The SMILES string of the molecule is CC(O)(CO)CC[N+](=O)[O-]. The van der Waals surface area contributed by atoms with Gasteiger partial charge in [-0.05, 0) is 6.92 Å². The number of hydrogen-bond acceptors (Lipinski definition) is 4. The maximum absolute atomic E-state index is 9.77. The second kappa shape index (κ2) is 3.48. The van der Waals surface area contributed by atoms with E-state index in [4.69, 9.17) is 10.2 Å². The first kappa shape index (κ1) is 9.32. The minimum atomic E-state index is -1.31. The van der Waals surface area contributed by atoms with Crippen molar-refractivity contribution in [2.75, 3.05) is 13.2 Å². The van der Waals surface area contributed by atoms with Crippen molar-refractivity contribution >= 4 is 0 Å². The van der Waals surface area contributed by atoms with Gasteiger partial charge in [-0.25, -0.2) is 0 Å². The van der Waals surface area contributed by atoms with Crippen LogP contribution in [0.3, 0.4) is 0 Å². The van der Waals surface area contributed by atoms with Crippen LogP contribution >= 0.6 is 0 Å². The van der Waals surface area contributed by atoms with Crippen LogP contribution in [0.5, 0.6) is 0 Å². The summed E-state index contributed by atoms with van der Waals surface area (Å²) in [5.74, 6) is 0. The number of aliphatic hydroxyl groups excluding tert-OH is 1. The van der Waals surface area contributed by atoms with Crippen LogP contribution in [0.1, 0.15) is 13.3 Å². The van der Waals surface area contributed by atoms with Crippen LogP contribution < -0.4 is 0 Å². The fourth-order valence-corrected chi connectivity index (χ4v) is 0.411. The summed E-state index contributed by atoms with van der Waals surface area (Å²) in [7, 11) is 0. The average Bonchev–Trinajstić information content (AvgIpc) is 1.85. The standard InChI is InChI=1S/C5H11NO4/c1-5(8,4-7)2-3-6(9)10/h7-8H,2-4H2,1H3. The quantitative estimate of drug-likeness (QED) is 0.413. The first-order chi connectivity index (χ1) is 4.48. The second-order valence-corrected chi connectivity index (χ2v) is 2.46. The lowest BCUT2D eigenvalue weighted by Crippen LogP contribution is -2.31. The molecule has 60 valence electrons. The Morgan fingerprint density at radius 3 is 2.50 bits per heavy atom. The Morgan fingerprint density at radius 1 is 1.70 bits per heavy atom. The Bertz CT molecular complexity index is 123. The van der Waals surface area contributed by atoms with E-state index >= 15 is 0 Å². The summed E-state index contributed by atoms with van der Waals surface area (Å²) >= 11 is 0. The minimum absolute atomic E-state index is 0.0174. The monoisotopic (exact) mass is 149 g/mol. The fourth-order valence-electron chi connectivity index (χ4n) is 0.411. The lowest BCUT2D eigenvalue weighted by Gasteiger charge is -2.16. The third kappa shape index (κ3) is 4.22. The Morgan fingerprint density at radius 2 is 2.20 bits per heavy atom. The zero-order valence-corrected chi connectivity index (χ0v) is 5.78. The Labute approximate surface area is 58.4 Å². The molecule has 0 aromatic rings. The molecule has 2 N–H and O–H groups in total. The highest BCUT2D eigenvalue weighted by Crippen LogP contribution is 2.06. The van der Waals surface area contributed by atoms with Gasteiger partial charge >= 0.3 is 0 Å². The summed E-state index contributed by atoms with van der Waals surface area (Å²) in [6.07, 6.45) is -0.0174. The second-order valence-electron chi connectivity index (χ2n) is 2.46. The van der Waals surface area contributed by atoms with Crippen LogP contribution in [0.25, 0.3) is 0 Å². The topological polar surface area (TPSA) is 83.6 Å². The first-order valence-corrected chi connectivity index (χ1v) is 2.93. The van der Waals surface area contributed by atoms with E-state index in [2.05, 4.69) is 0 Å². The molecule has 10 heavy (non-hydrogen) atoms. The van der Waals surface area contributed by atoms with Crippen molar-refractivity contribution in [3.8, 4) is 0 Å². The molecule has 0 spiro atoms. The predicted octanol–water partition coefficient (Wildman–Crippen LogP) is -0.603. The first-order valence-electron chi connectivity index (χ1n) is 2.93. The predicted molar refractivity (Wildman–Crippen MR) is 34.2 cm³/mol. The van der Waals surface area contributed by atoms with E-state index in [-0.39, 0.29) is 13.0 Å². The maximum atomic E-state index is 9.77. The third-order valence-electron chi connectivity index (χ3n) is 1.17. The van der Waals surface area contributed by atoms with Gasteiger partial charge in [0, 0.05) is 11.3 Å². The van der Waals surface area contributed by atoms with Crippen LogP contribution in [-0.2, 0) is 0 Å². The van der Waals surface area contributed by atoms with Gasteiger partial charge in [0.2, 0.25) is 6.54 Å². The van der Waals surface area contributed by atoms with Gasteiger partial charge in [0.15, 0.2) is 0 Å². The molecule has 0 aliphatic carbocycles. The van der Waals surface area contributed by atoms with Gasteiger partial charge in [0.1, 0.15) is 0 Å². The summed E-state index contributed by atoms with van der Waals surface area (Å²) < 4.78 is 0. The maximum Gasteiger partial charge on any atom is 0.206 e. The Hall–Kier alpha value is -0.680. The molecule has 0 saturated heterocycles. The molecule has 5 heteroatoms. The van der Waals surface area contributed by atoms with Crippen molar-refractivity contribution in [2.24, 2.45) is 0 Å². The summed E-state index contributed by atoms with van der Waals surface area (Å²) in [6.45, 7) is 0.602. The molecule has 0 saturated carbocycles. The molecular weight excluding hydrogens is 138 g/mol. The van der Waals surface area contributed by atoms with Gasteiger partial charge in [0.25, 0.3) is 0 Å². The largest absolute Gasteiger partial charge is 0.393 e. The van der Waals surface area contributed by atoms with Gasteiger partial charge in [-0.15, -0.1) is 0 Å². The molecule has 0 fully saturated rings. The smallest absolute Gasteiger partial charge is 0.206 e.